The Morgan fingerprint density at radius 2 is 1.65 bits per heavy atom. The molecule has 1 heterocycles. The quantitative estimate of drug-likeness (QED) is 0.305. The van der Waals surface area contributed by atoms with E-state index in [9.17, 15) is 5.11 Å². The molecule has 0 amide bonds. The smallest absolute Gasteiger partial charge is 0.102 e. The largest absolute Gasteiger partial charge is 0.389 e. The van der Waals surface area contributed by atoms with Crippen LogP contribution < -0.4 is 0 Å². The maximum Gasteiger partial charge on any atom is 0.102 e. The Kier molecular flexibility index (Phi) is 8.63. The number of unbranched alkanes of at least 4 members (excludes halogenated alkanes) is 6. The van der Waals surface area contributed by atoms with E-state index in [0.717, 1.165) is 19.3 Å². The Morgan fingerprint density at radius 3 is 2.43 bits per heavy atom. The molecule has 23 heavy (non-hydrogen) atoms. The minimum absolute atomic E-state index is 0.208. The van der Waals surface area contributed by atoms with E-state index >= 15 is 0 Å². The van der Waals surface area contributed by atoms with E-state index in [4.69, 9.17) is 9.78 Å². The third kappa shape index (κ3) is 5.88. The zero-order valence-corrected chi connectivity index (χ0v) is 15.1. The first-order chi connectivity index (χ1) is 11.3. The summed E-state index contributed by atoms with van der Waals surface area (Å²) in [6.07, 6.45) is 17.7. The first-order valence-corrected chi connectivity index (χ1v) is 9.94. The lowest BCUT2D eigenvalue weighted by molar-refractivity contribution is -0.337. The van der Waals surface area contributed by atoms with Crippen LogP contribution in [0.2, 0.25) is 0 Å². The Hall–Kier alpha value is -0.380. The van der Waals surface area contributed by atoms with Gasteiger partial charge in [0.15, 0.2) is 0 Å². The molecule has 3 nitrogen and oxygen atoms in total. The van der Waals surface area contributed by atoms with Gasteiger partial charge in [-0.15, -0.1) is 0 Å². The zero-order chi connectivity index (χ0) is 16.5. The predicted molar refractivity (Wildman–Crippen MR) is 94.0 cm³/mol. The monoisotopic (exact) mass is 324 g/mol. The van der Waals surface area contributed by atoms with Crippen LogP contribution in [0, 0.1) is 11.8 Å². The average Bonchev–Trinajstić information content (AvgIpc) is 3.14. The van der Waals surface area contributed by atoms with Crippen LogP contribution in [0.3, 0.4) is 0 Å². The lowest BCUT2D eigenvalue weighted by atomic mass is 9.87. The maximum atomic E-state index is 10.1. The second-order valence-corrected chi connectivity index (χ2v) is 7.40. The van der Waals surface area contributed by atoms with Gasteiger partial charge in [-0.05, 0) is 18.8 Å². The molecule has 1 aliphatic carbocycles. The van der Waals surface area contributed by atoms with Crippen molar-refractivity contribution in [1.29, 1.82) is 0 Å². The number of rotatable bonds is 12. The van der Waals surface area contributed by atoms with Crippen LogP contribution in [0.25, 0.3) is 0 Å². The van der Waals surface area contributed by atoms with Crippen LogP contribution in [0.1, 0.15) is 84.5 Å². The van der Waals surface area contributed by atoms with E-state index in [1.165, 1.54) is 51.4 Å². The minimum atomic E-state index is -0.299. The summed E-state index contributed by atoms with van der Waals surface area (Å²) < 4.78 is 0. The normalized spacial score (nSPS) is 31.3. The van der Waals surface area contributed by atoms with E-state index in [0.29, 0.717) is 11.8 Å². The second-order valence-electron chi connectivity index (χ2n) is 7.40. The predicted octanol–water partition coefficient (Wildman–Crippen LogP) is 5.18. The summed E-state index contributed by atoms with van der Waals surface area (Å²) in [7, 11) is 0. The van der Waals surface area contributed by atoms with Crippen molar-refractivity contribution in [3.05, 3.63) is 12.2 Å². The molecular formula is C20H36O3. The highest BCUT2D eigenvalue weighted by atomic mass is 17.2. The van der Waals surface area contributed by atoms with Crippen molar-refractivity contribution in [3.8, 4) is 0 Å². The van der Waals surface area contributed by atoms with Crippen molar-refractivity contribution in [2.45, 2.75) is 103 Å². The van der Waals surface area contributed by atoms with Crippen molar-refractivity contribution in [3.63, 3.8) is 0 Å². The minimum Gasteiger partial charge on any atom is -0.389 e. The molecule has 0 unspecified atom stereocenters. The molecule has 2 aliphatic rings. The van der Waals surface area contributed by atoms with Crippen LogP contribution in [0.5, 0.6) is 0 Å². The molecule has 0 aromatic heterocycles. The third-order valence-corrected chi connectivity index (χ3v) is 5.47. The topological polar surface area (TPSA) is 38.7 Å². The fourth-order valence-corrected chi connectivity index (χ4v) is 4.03. The fourth-order valence-electron chi connectivity index (χ4n) is 4.03. The zero-order valence-electron chi connectivity index (χ0n) is 15.1. The van der Waals surface area contributed by atoms with Gasteiger partial charge in [0.1, 0.15) is 6.10 Å². The molecule has 0 aromatic carbocycles. The van der Waals surface area contributed by atoms with Gasteiger partial charge in [-0.1, -0.05) is 77.4 Å². The Bertz CT molecular complexity index is 342. The van der Waals surface area contributed by atoms with Gasteiger partial charge >= 0.3 is 0 Å². The SMILES string of the molecule is CCCCCCC[C@H]1[C@@H](/C=C/[C@H](O)CCCCC)[C@@H]2C[C@@H]1OO2. The van der Waals surface area contributed by atoms with Crippen molar-refractivity contribution in [1.82, 2.24) is 0 Å². The van der Waals surface area contributed by atoms with Gasteiger partial charge < -0.3 is 5.11 Å². The molecule has 2 bridgehead atoms. The van der Waals surface area contributed by atoms with Crippen LogP contribution >= 0.6 is 0 Å². The van der Waals surface area contributed by atoms with Gasteiger partial charge in [-0.2, -0.15) is 0 Å². The average molecular weight is 325 g/mol. The molecule has 2 fully saturated rings. The van der Waals surface area contributed by atoms with Crippen LogP contribution in [-0.2, 0) is 9.78 Å². The molecule has 1 saturated heterocycles. The molecule has 3 heteroatoms. The summed E-state index contributed by atoms with van der Waals surface area (Å²) in [4.78, 5) is 10.9. The number of hydrogen-bond acceptors (Lipinski definition) is 3. The maximum absolute atomic E-state index is 10.1. The van der Waals surface area contributed by atoms with Crippen molar-refractivity contribution in [2.24, 2.45) is 11.8 Å². The van der Waals surface area contributed by atoms with Crippen molar-refractivity contribution >= 4 is 0 Å². The molecule has 2 rings (SSSR count). The van der Waals surface area contributed by atoms with Crippen molar-refractivity contribution in [2.75, 3.05) is 0 Å². The lowest BCUT2D eigenvalue weighted by Gasteiger charge is -2.28. The second kappa shape index (κ2) is 10.5. The van der Waals surface area contributed by atoms with E-state index in [1.54, 1.807) is 0 Å². The first-order valence-electron chi connectivity index (χ1n) is 9.94. The van der Waals surface area contributed by atoms with E-state index in [-0.39, 0.29) is 18.3 Å². The van der Waals surface area contributed by atoms with E-state index < -0.39 is 0 Å². The van der Waals surface area contributed by atoms with Crippen molar-refractivity contribution < 1.29 is 14.9 Å². The first kappa shape index (κ1) is 19.0. The molecule has 1 aliphatic heterocycles. The van der Waals surface area contributed by atoms with Gasteiger partial charge in [-0.25, -0.2) is 9.78 Å². The van der Waals surface area contributed by atoms with Gasteiger partial charge in [0.2, 0.25) is 0 Å². The number of aliphatic hydroxyl groups is 1. The van der Waals surface area contributed by atoms with Crippen LogP contribution in [0.15, 0.2) is 12.2 Å². The molecule has 1 N–H and O–H groups in total. The summed E-state index contributed by atoms with van der Waals surface area (Å²) in [5, 5.41) is 10.1. The number of hydrogen-bond donors (Lipinski definition) is 1. The third-order valence-electron chi connectivity index (χ3n) is 5.47. The molecule has 1 saturated carbocycles. The lowest BCUT2D eigenvalue weighted by Crippen LogP contribution is -2.29. The Balaban J connectivity index is 1.76. The summed E-state index contributed by atoms with van der Waals surface area (Å²) in [6, 6.07) is 0. The van der Waals surface area contributed by atoms with Gasteiger partial charge in [-0.3, -0.25) is 0 Å². The summed E-state index contributed by atoms with van der Waals surface area (Å²) >= 11 is 0. The molecule has 0 radical (unpaired) electrons. The molecule has 134 valence electrons. The molecule has 0 aromatic rings. The van der Waals surface area contributed by atoms with E-state index in [2.05, 4.69) is 19.9 Å². The highest BCUT2D eigenvalue weighted by Gasteiger charge is 2.49. The molecular weight excluding hydrogens is 288 g/mol. The Labute approximate surface area is 142 Å². The number of fused-ring (bicyclic) bond motifs is 2. The highest BCUT2D eigenvalue weighted by Crippen LogP contribution is 2.45. The summed E-state index contributed by atoms with van der Waals surface area (Å²) in [6.45, 7) is 4.45. The standard InChI is InChI=1S/C20H36O3/c1-3-5-7-8-10-12-17-18(20-15-19(17)22-23-20)14-13-16(21)11-9-6-4-2/h13-14,16-21H,3-12,15H2,1-2H3/b14-13+/t16-,17+,18-,19+,20+/m1/s1. The van der Waals surface area contributed by atoms with Gasteiger partial charge in [0.25, 0.3) is 0 Å². The van der Waals surface area contributed by atoms with E-state index in [1.807, 2.05) is 6.08 Å². The molecule has 0 spiro atoms. The fraction of sp³-hybridized carbons (Fsp3) is 0.900. The highest BCUT2D eigenvalue weighted by molar-refractivity contribution is 5.06. The van der Waals surface area contributed by atoms with Crippen LogP contribution in [-0.4, -0.2) is 23.4 Å². The molecule has 5 atom stereocenters. The Morgan fingerprint density at radius 1 is 0.957 bits per heavy atom. The van der Waals surface area contributed by atoms with Crippen LogP contribution in [0.4, 0.5) is 0 Å². The summed E-state index contributed by atoms with van der Waals surface area (Å²) in [5.74, 6) is 1.01. The van der Waals surface area contributed by atoms with Gasteiger partial charge in [0, 0.05) is 12.3 Å². The summed E-state index contributed by atoms with van der Waals surface area (Å²) in [5.41, 5.74) is 0. The number of aliphatic hydroxyl groups excluding tert-OH is 1. The van der Waals surface area contributed by atoms with Gasteiger partial charge in [0.05, 0.1) is 12.2 Å².